The van der Waals surface area contributed by atoms with E-state index < -0.39 is 17.8 Å². The number of carbonyl (C=O) groups excluding carboxylic acids is 2. The minimum Gasteiger partial charge on any atom is -0.458 e. The van der Waals surface area contributed by atoms with Crippen LogP contribution in [0.15, 0.2) is 72.8 Å². The van der Waals surface area contributed by atoms with Crippen LogP contribution in [0.25, 0.3) is 0 Å². The van der Waals surface area contributed by atoms with Crippen LogP contribution in [-0.4, -0.2) is 43.8 Å². The number of amides is 1. The zero-order valence-corrected chi connectivity index (χ0v) is 25.0. The van der Waals surface area contributed by atoms with E-state index in [0.29, 0.717) is 11.3 Å². The third-order valence-corrected chi connectivity index (χ3v) is 9.06. The molecule has 0 unspecified atom stereocenters. The van der Waals surface area contributed by atoms with E-state index in [1.165, 1.54) is 0 Å². The van der Waals surface area contributed by atoms with Crippen molar-refractivity contribution >= 4 is 17.7 Å². The molecule has 0 aliphatic heterocycles. The molecule has 41 heavy (non-hydrogen) atoms. The largest absolute Gasteiger partial charge is 0.458 e. The van der Waals surface area contributed by atoms with E-state index in [1.54, 1.807) is 19.2 Å². The third-order valence-electron chi connectivity index (χ3n) is 9.06. The van der Waals surface area contributed by atoms with Crippen molar-refractivity contribution in [2.45, 2.75) is 77.6 Å². The normalized spacial score (nSPS) is 25.7. The van der Waals surface area contributed by atoms with Gasteiger partial charge in [0.1, 0.15) is 19.0 Å². The Balaban J connectivity index is 1.52. The molecule has 7 nitrogen and oxygen atoms in total. The van der Waals surface area contributed by atoms with Gasteiger partial charge in [0.2, 0.25) is 0 Å². The average Bonchev–Trinajstić information content (AvgIpc) is 3.32. The van der Waals surface area contributed by atoms with Crippen molar-refractivity contribution in [1.29, 1.82) is 0 Å². The number of anilines is 1. The van der Waals surface area contributed by atoms with Crippen LogP contribution in [-0.2, 0) is 18.9 Å². The quantitative estimate of drug-likeness (QED) is 0.172. The van der Waals surface area contributed by atoms with Gasteiger partial charge in [0, 0.05) is 24.6 Å². The Morgan fingerprint density at radius 2 is 1.73 bits per heavy atom. The molecule has 2 fully saturated rings. The molecule has 0 saturated heterocycles. The van der Waals surface area contributed by atoms with Crippen LogP contribution in [0.2, 0.25) is 0 Å². The first-order valence-corrected chi connectivity index (χ1v) is 14.7. The highest BCUT2D eigenvalue weighted by atomic mass is 16.7. The molecule has 0 radical (unpaired) electrons. The second kappa shape index (κ2) is 13.7. The highest BCUT2D eigenvalue weighted by Crippen LogP contribution is 2.59. The molecule has 1 amide bonds. The molecule has 222 valence electrons. The predicted octanol–water partition coefficient (Wildman–Crippen LogP) is 7.64. The molecule has 0 spiro atoms. The SMILES string of the molecule is COCOC(C)(C)/C=C\[C@@H](OC(=O)Nc1ccccc1)[C@@H](C)[C@H]1CC[C@H]2[C@@H](OC(=O)c3ccccc3)CCC[C@]12C. The van der Waals surface area contributed by atoms with Gasteiger partial charge in [0.05, 0.1) is 11.2 Å². The first-order chi connectivity index (χ1) is 19.6. The lowest BCUT2D eigenvalue weighted by molar-refractivity contribution is -0.0924. The molecule has 2 aliphatic rings. The Bertz CT molecular complexity index is 1170. The summed E-state index contributed by atoms with van der Waals surface area (Å²) in [4.78, 5) is 26.0. The summed E-state index contributed by atoms with van der Waals surface area (Å²) >= 11 is 0. The van der Waals surface area contributed by atoms with Crippen LogP contribution in [0.4, 0.5) is 10.5 Å². The van der Waals surface area contributed by atoms with Gasteiger partial charge in [-0.25, -0.2) is 9.59 Å². The Morgan fingerprint density at radius 3 is 2.41 bits per heavy atom. The van der Waals surface area contributed by atoms with Gasteiger partial charge in [0.25, 0.3) is 0 Å². The van der Waals surface area contributed by atoms with Gasteiger partial charge in [-0.2, -0.15) is 0 Å². The fourth-order valence-electron chi connectivity index (χ4n) is 6.87. The van der Waals surface area contributed by atoms with Crippen LogP contribution >= 0.6 is 0 Å². The summed E-state index contributed by atoms with van der Waals surface area (Å²) in [6.07, 6.45) is 7.72. The number of hydrogen-bond donors (Lipinski definition) is 1. The molecule has 0 heterocycles. The smallest absolute Gasteiger partial charge is 0.412 e. The number of ether oxygens (including phenoxy) is 4. The van der Waals surface area contributed by atoms with Gasteiger partial charge in [-0.1, -0.05) is 56.3 Å². The molecular formula is C34H45NO6. The van der Waals surface area contributed by atoms with Gasteiger partial charge in [-0.15, -0.1) is 0 Å². The van der Waals surface area contributed by atoms with Crippen molar-refractivity contribution in [2.24, 2.45) is 23.2 Å². The summed E-state index contributed by atoms with van der Waals surface area (Å²) in [5.41, 5.74) is 0.632. The van der Waals surface area contributed by atoms with Crippen LogP contribution in [0, 0.1) is 23.2 Å². The second-order valence-corrected chi connectivity index (χ2v) is 12.2. The number of benzene rings is 2. The zero-order valence-electron chi connectivity index (χ0n) is 25.0. The minimum atomic E-state index is -0.600. The topological polar surface area (TPSA) is 83.1 Å². The molecule has 2 aliphatic carbocycles. The Labute approximate surface area is 244 Å². The lowest BCUT2D eigenvalue weighted by Crippen LogP contribution is -2.45. The van der Waals surface area contributed by atoms with Crippen molar-refractivity contribution in [3.8, 4) is 0 Å². The van der Waals surface area contributed by atoms with E-state index in [4.69, 9.17) is 18.9 Å². The lowest BCUT2D eigenvalue weighted by Gasteiger charge is -2.46. The molecular weight excluding hydrogens is 518 g/mol. The van der Waals surface area contributed by atoms with Crippen LogP contribution in [0.5, 0.6) is 0 Å². The molecule has 1 N–H and O–H groups in total. The predicted molar refractivity (Wildman–Crippen MR) is 159 cm³/mol. The molecule has 0 aromatic heterocycles. The summed E-state index contributed by atoms with van der Waals surface area (Å²) in [6.45, 7) is 8.58. The lowest BCUT2D eigenvalue weighted by atomic mass is 9.61. The molecule has 7 heteroatoms. The van der Waals surface area contributed by atoms with Gasteiger partial charge in [-0.05, 0) is 87.6 Å². The Morgan fingerprint density at radius 1 is 1.05 bits per heavy atom. The number of hydrogen-bond acceptors (Lipinski definition) is 6. The maximum atomic E-state index is 13.0. The summed E-state index contributed by atoms with van der Waals surface area (Å²) in [7, 11) is 1.59. The molecule has 0 bridgehead atoms. The van der Waals surface area contributed by atoms with Crippen molar-refractivity contribution in [3.05, 3.63) is 78.4 Å². The van der Waals surface area contributed by atoms with Crippen LogP contribution < -0.4 is 5.32 Å². The summed E-state index contributed by atoms with van der Waals surface area (Å²) in [5, 5.41) is 2.86. The fourth-order valence-corrected chi connectivity index (χ4v) is 6.87. The highest BCUT2D eigenvalue weighted by molar-refractivity contribution is 5.89. The van der Waals surface area contributed by atoms with E-state index in [-0.39, 0.29) is 42.0 Å². The standard InChI is InChI=1S/C34H45NO6/c1-24(29(20-22-33(2,3)39-23-38-5)41-32(37)35-26-15-10-7-11-16-26)27-18-19-28-30(17-12-21-34(27,28)4)40-31(36)25-13-8-6-9-14-25/h6-11,13-16,20,22,24,27-30H,12,17-19,21,23H2,1-5H3,(H,35,37)/b22-20-/t24-,27+,28-,29+,30-,34+/m0/s1. The summed E-state index contributed by atoms with van der Waals surface area (Å²) in [5.74, 6) is 0.328. The molecule has 2 aromatic carbocycles. The van der Waals surface area contributed by atoms with E-state index in [9.17, 15) is 9.59 Å². The maximum absolute atomic E-state index is 13.0. The highest BCUT2D eigenvalue weighted by Gasteiger charge is 2.54. The number of methoxy groups -OCH3 is 1. The Kier molecular flexibility index (Phi) is 10.3. The van der Waals surface area contributed by atoms with Crippen molar-refractivity contribution in [3.63, 3.8) is 0 Å². The zero-order chi connectivity index (χ0) is 29.5. The number of fused-ring (bicyclic) bond motifs is 1. The minimum absolute atomic E-state index is 0.0320. The molecule has 4 rings (SSSR count). The van der Waals surface area contributed by atoms with E-state index in [1.807, 2.05) is 74.5 Å². The maximum Gasteiger partial charge on any atom is 0.412 e. The molecule has 2 saturated carbocycles. The van der Waals surface area contributed by atoms with Gasteiger partial charge < -0.3 is 18.9 Å². The first-order valence-electron chi connectivity index (χ1n) is 14.7. The van der Waals surface area contributed by atoms with Crippen LogP contribution in [0.3, 0.4) is 0 Å². The number of rotatable bonds is 11. The van der Waals surface area contributed by atoms with Crippen molar-refractivity contribution in [2.75, 3.05) is 19.2 Å². The first kappa shape index (κ1) is 30.8. The number of para-hydroxylation sites is 1. The van der Waals surface area contributed by atoms with Gasteiger partial charge >= 0.3 is 12.1 Å². The fraction of sp³-hybridized carbons (Fsp3) is 0.529. The van der Waals surface area contributed by atoms with Gasteiger partial charge in [0.15, 0.2) is 0 Å². The Hall–Kier alpha value is -3.16. The van der Waals surface area contributed by atoms with E-state index >= 15 is 0 Å². The second-order valence-electron chi connectivity index (χ2n) is 12.2. The number of carbonyl (C=O) groups is 2. The van der Waals surface area contributed by atoms with Gasteiger partial charge in [-0.3, -0.25) is 5.32 Å². The van der Waals surface area contributed by atoms with Crippen molar-refractivity contribution < 1.29 is 28.5 Å². The summed E-state index contributed by atoms with van der Waals surface area (Å²) in [6, 6.07) is 18.5. The summed E-state index contributed by atoms with van der Waals surface area (Å²) < 4.78 is 23.1. The monoisotopic (exact) mass is 563 g/mol. The molecule has 6 atom stereocenters. The number of esters is 1. The average molecular weight is 564 g/mol. The van der Waals surface area contributed by atoms with Crippen molar-refractivity contribution in [1.82, 2.24) is 0 Å². The molecule has 2 aromatic rings. The number of nitrogens with one attached hydrogen (secondary N) is 1. The van der Waals surface area contributed by atoms with Crippen LogP contribution in [0.1, 0.15) is 70.2 Å². The third kappa shape index (κ3) is 7.77. The van der Waals surface area contributed by atoms with E-state index in [0.717, 1.165) is 32.1 Å². The van der Waals surface area contributed by atoms with E-state index in [2.05, 4.69) is 19.2 Å².